The third-order valence-electron chi connectivity index (χ3n) is 5.56. The number of aliphatic hydroxyl groups is 1. The first kappa shape index (κ1) is 18.4. The van der Waals surface area contributed by atoms with Gasteiger partial charge in [-0.3, -0.25) is 14.4 Å². The third kappa shape index (κ3) is 3.88. The molecule has 7 nitrogen and oxygen atoms in total. The van der Waals surface area contributed by atoms with Gasteiger partial charge in [-0.15, -0.1) is 0 Å². The van der Waals surface area contributed by atoms with Crippen LogP contribution in [0.1, 0.15) is 37.4 Å². The number of hydrogen-bond donors (Lipinski definition) is 2. The summed E-state index contributed by atoms with van der Waals surface area (Å²) in [5.41, 5.74) is 0.450. The number of carbonyl (C=O) groups excluding carboxylic acids is 2. The highest BCUT2D eigenvalue weighted by molar-refractivity contribution is 5.83. The molecule has 7 heteroatoms. The summed E-state index contributed by atoms with van der Waals surface area (Å²) in [5.74, 6) is -1.43. The van der Waals surface area contributed by atoms with E-state index in [1.807, 2.05) is 6.07 Å². The van der Waals surface area contributed by atoms with E-state index in [0.717, 1.165) is 6.42 Å². The maximum Gasteiger partial charge on any atom is 0.323 e. The minimum atomic E-state index is -1.17. The van der Waals surface area contributed by atoms with E-state index in [4.69, 9.17) is 5.11 Å². The highest BCUT2D eigenvalue weighted by Crippen LogP contribution is 2.40. The second kappa shape index (κ2) is 7.45. The summed E-state index contributed by atoms with van der Waals surface area (Å²) in [6.45, 7) is 1.19. The minimum Gasteiger partial charge on any atom is -0.480 e. The lowest BCUT2D eigenvalue weighted by Gasteiger charge is -2.47. The van der Waals surface area contributed by atoms with E-state index < -0.39 is 12.1 Å². The van der Waals surface area contributed by atoms with Crippen molar-refractivity contribution in [2.75, 3.05) is 26.2 Å². The lowest BCUT2D eigenvalue weighted by atomic mass is 9.72. The average molecular weight is 360 g/mol. The summed E-state index contributed by atoms with van der Waals surface area (Å²) in [4.78, 5) is 38.6. The minimum absolute atomic E-state index is 0.115. The highest BCUT2D eigenvalue weighted by atomic mass is 16.4. The van der Waals surface area contributed by atoms with Crippen molar-refractivity contribution in [3.05, 3.63) is 35.9 Å². The van der Waals surface area contributed by atoms with Crippen molar-refractivity contribution in [3.8, 4) is 0 Å². The average Bonchev–Trinajstić information content (AvgIpc) is 2.65. The van der Waals surface area contributed by atoms with Gasteiger partial charge >= 0.3 is 5.97 Å². The van der Waals surface area contributed by atoms with Gasteiger partial charge in [-0.2, -0.15) is 0 Å². The Kier molecular flexibility index (Phi) is 5.27. The molecule has 0 radical (unpaired) electrons. The van der Waals surface area contributed by atoms with Gasteiger partial charge in [0.25, 0.3) is 5.91 Å². The molecule has 2 aliphatic heterocycles. The van der Waals surface area contributed by atoms with Crippen molar-refractivity contribution in [1.29, 1.82) is 0 Å². The zero-order chi connectivity index (χ0) is 18.7. The van der Waals surface area contributed by atoms with Crippen LogP contribution in [0.15, 0.2) is 30.3 Å². The van der Waals surface area contributed by atoms with E-state index >= 15 is 0 Å². The number of carbonyl (C=O) groups is 3. The third-order valence-corrected chi connectivity index (χ3v) is 5.56. The fraction of sp³-hybridized carbons (Fsp3) is 0.526. The van der Waals surface area contributed by atoms with Crippen LogP contribution in [0.5, 0.6) is 0 Å². The molecule has 26 heavy (non-hydrogen) atoms. The number of benzene rings is 1. The Balaban J connectivity index is 1.60. The van der Waals surface area contributed by atoms with E-state index in [-0.39, 0.29) is 23.8 Å². The maximum absolute atomic E-state index is 12.6. The number of aliphatic carboxylic acids is 1. The number of hydrogen-bond acceptors (Lipinski definition) is 4. The van der Waals surface area contributed by atoms with E-state index in [9.17, 15) is 19.5 Å². The van der Waals surface area contributed by atoms with Crippen LogP contribution >= 0.6 is 0 Å². The summed E-state index contributed by atoms with van der Waals surface area (Å²) in [6, 6.07) is 8.86. The molecule has 0 saturated carbocycles. The van der Waals surface area contributed by atoms with Crippen LogP contribution in [0, 0.1) is 5.41 Å². The van der Waals surface area contributed by atoms with Crippen molar-refractivity contribution in [1.82, 2.24) is 9.80 Å². The monoisotopic (exact) mass is 360 g/mol. The van der Waals surface area contributed by atoms with Gasteiger partial charge in [-0.25, -0.2) is 0 Å². The number of aliphatic hydroxyl groups excluding tert-OH is 1. The van der Waals surface area contributed by atoms with Crippen LogP contribution in [-0.4, -0.2) is 64.0 Å². The zero-order valence-electron chi connectivity index (χ0n) is 14.6. The number of carboxylic acid groups (broad SMARTS) is 1. The van der Waals surface area contributed by atoms with Crippen LogP contribution in [0.25, 0.3) is 0 Å². The molecular weight excluding hydrogens is 336 g/mol. The molecule has 2 fully saturated rings. The first-order valence-corrected chi connectivity index (χ1v) is 8.92. The molecule has 2 aliphatic rings. The number of rotatable bonds is 4. The molecule has 1 aromatic carbocycles. The second-order valence-corrected chi connectivity index (χ2v) is 7.28. The fourth-order valence-corrected chi connectivity index (χ4v) is 3.97. The van der Waals surface area contributed by atoms with E-state index in [2.05, 4.69) is 0 Å². The second-order valence-electron chi connectivity index (χ2n) is 7.28. The number of piperidine rings is 2. The molecule has 2 amide bonds. The molecular formula is C19H24N2O5. The number of nitrogens with zero attached hydrogens (tertiary/aromatic N) is 2. The predicted molar refractivity (Wildman–Crippen MR) is 93.1 cm³/mol. The molecule has 1 spiro atoms. The largest absolute Gasteiger partial charge is 0.480 e. The van der Waals surface area contributed by atoms with Crippen molar-refractivity contribution < 1.29 is 24.6 Å². The standard InChI is InChI=1S/C19H24N2O5/c22-15-6-7-19(13-21(15)12-16(23)24)8-10-20(11-9-19)18(26)17(25)14-4-2-1-3-5-14/h1-5,17,25H,6-13H2,(H,23,24)/t17-/m0/s1. The number of likely N-dealkylation sites (tertiary alicyclic amines) is 2. The van der Waals surface area contributed by atoms with Crippen molar-refractivity contribution in [2.45, 2.75) is 31.8 Å². The van der Waals surface area contributed by atoms with Gasteiger partial charge in [-0.1, -0.05) is 30.3 Å². The van der Waals surface area contributed by atoms with Gasteiger partial charge in [-0.05, 0) is 30.2 Å². The van der Waals surface area contributed by atoms with Crippen LogP contribution < -0.4 is 0 Å². The topological polar surface area (TPSA) is 98.2 Å². The Bertz CT molecular complexity index is 682. The van der Waals surface area contributed by atoms with Crippen LogP contribution in [0.3, 0.4) is 0 Å². The van der Waals surface area contributed by atoms with E-state index in [1.54, 1.807) is 29.2 Å². The van der Waals surface area contributed by atoms with Crippen LogP contribution in [0.4, 0.5) is 0 Å². The molecule has 2 N–H and O–H groups in total. The Morgan fingerprint density at radius 3 is 2.38 bits per heavy atom. The van der Waals surface area contributed by atoms with Crippen molar-refractivity contribution in [3.63, 3.8) is 0 Å². The fourth-order valence-electron chi connectivity index (χ4n) is 3.97. The summed E-state index contributed by atoms with van der Waals surface area (Å²) >= 11 is 0. The quantitative estimate of drug-likeness (QED) is 0.836. The molecule has 0 aromatic heterocycles. The lowest BCUT2D eigenvalue weighted by molar-refractivity contribution is -0.151. The highest BCUT2D eigenvalue weighted by Gasteiger charge is 2.42. The van der Waals surface area contributed by atoms with Crippen LogP contribution in [0.2, 0.25) is 0 Å². The molecule has 140 valence electrons. The summed E-state index contributed by atoms with van der Waals surface area (Å²) < 4.78 is 0. The van der Waals surface area contributed by atoms with Crippen molar-refractivity contribution in [2.24, 2.45) is 5.41 Å². The first-order chi connectivity index (χ1) is 12.4. The smallest absolute Gasteiger partial charge is 0.323 e. The van der Waals surface area contributed by atoms with E-state index in [1.165, 1.54) is 4.90 Å². The molecule has 1 aromatic rings. The van der Waals surface area contributed by atoms with Gasteiger partial charge < -0.3 is 20.0 Å². The van der Waals surface area contributed by atoms with Gasteiger partial charge in [0.15, 0.2) is 6.10 Å². The van der Waals surface area contributed by atoms with Gasteiger partial charge in [0.2, 0.25) is 5.91 Å². The summed E-state index contributed by atoms with van der Waals surface area (Å²) in [6.07, 6.45) is 1.34. The Hall–Kier alpha value is -2.41. The molecule has 0 aliphatic carbocycles. The predicted octanol–water partition coefficient (Wildman–Crippen LogP) is 1.04. The first-order valence-electron chi connectivity index (χ1n) is 8.92. The van der Waals surface area contributed by atoms with Gasteiger partial charge in [0.05, 0.1) is 0 Å². The van der Waals surface area contributed by atoms with E-state index in [0.29, 0.717) is 44.5 Å². The molecule has 1 atom stereocenters. The van der Waals surface area contributed by atoms with Crippen LogP contribution in [-0.2, 0) is 14.4 Å². The molecule has 2 saturated heterocycles. The van der Waals surface area contributed by atoms with Gasteiger partial charge in [0.1, 0.15) is 6.54 Å². The maximum atomic E-state index is 12.6. The van der Waals surface area contributed by atoms with Crippen molar-refractivity contribution >= 4 is 17.8 Å². The Morgan fingerprint density at radius 2 is 1.77 bits per heavy atom. The lowest BCUT2D eigenvalue weighted by Crippen LogP contribution is -2.53. The molecule has 0 unspecified atom stereocenters. The SMILES string of the molecule is O=C(O)CN1CC2(CCC1=O)CCN(C(=O)[C@@H](O)c1ccccc1)CC2. The Labute approximate surface area is 152 Å². The molecule has 2 heterocycles. The summed E-state index contributed by atoms with van der Waals surface area (Å²) in [7, 11) is 0. The number of carboxylic acids is 1. The molecule has 3 rings (SSSR count). The number of amides is 2. The normalized spacial score (nSPS) is 20.9. The van der Waals surface area contributed by atoms with Gasteiger partial charge in [0, 0.05) is 26.1 Å². The zero-order valence-corrected chi connectivity index (χ0v) is 14.6. The Morgan fingerprint density at radius 1 is 1.12 bits per heavy atom. The summed E-state index contributed by atoms with van der Waals surface area (Å²) in [5, 5.41) is 19.3. The molecule has 0 bridgehead atoms.